The summed E-state index contributed by atoms with van der Waals surface area (Å²) >= 11 is 1.71. The van der Waals surface area contributed by atoms with Gasteiger partial charge in [0.15, 0.2) is 0 Å². The van der Waals surface area contributed by atoms with Crippen LogP contribution < -0.4 is 5.32 Å². The lowest BCUT2D eigenvalue weighted by atomic mass is 10.1. The predicted octanol–water partition coefficient (Wildman–Crippen LogP) is 1.72. The first-order valence-corrected chi connectivity index (χ1v) is 8.07. The molecule has 6 heteroatoms. The summed E-state index contributed by atoms with van der Waals surface area (Å²) in [6, 6.07) is -0.0762. The molecule has 0 spiro atoms. The molecule has 0 aliphatic carbocycles. The van der Waals surface area contributed by atoms with Crippen molar-refractivity contribution in [2.45, 2.75) is 45.6 Å². The second-order valence-electron chi connectivity index (χ2n) is 5.19. The number of thiazole rings is 1. The van der Waals surface area contributed by atoms with Crippen molar-refractivity contribution in [3.63, 3.8) is 0 Å². The van der Waals surface area contributed by atoms with Crippen molar-refractivity contribution in [2.24, 2.45) is 0 Å². The van der Waals surface area contributed by atoms with Gasteiger partial charge in [-0.15, -0.1) is 11.3 Å². The zero-order valence-electron chi connectivity index (χ0n) is 12.2. The van der Waals surface area contributed by atoms with Gasteiger partial charge in [-0.3, -0.25) is 0 Å². The first-order valence-electron chi connectivity index (χ1n) is 7.26. The summed E-state index contributed by atoms with van der Waals surface area (Å²) in [6.45, 7) is 5.98. The van der Waals surface area contributed by atoms with Gasteiger partial charge in [-0.1, -0.05) is 6.92 Å². The molecule has 2 heterocycles. The van der Waals surface area contributed by atoms with Gasteiger partial charge in [0, 0.05) is 30.9 Å². The Morgan fingerprint density at radius 1 is 1.60 bits per heavy atom. The Kier molecular flexibility index (Phi) is 5.37. The number of amides is 2. The minimum absolute atomic E-state index is 0.0762. The number of hydrogen-bond donors (Lipinski definition) is 2. The van der Waals surface area contributed by atoms with Crippen LogP contribution in [0.25, 0.3) is 0 Å². The molecule has 1 atom stereocenters. The number of nitrogens with zero attached hydrogens (tertiary/aromatic N) is 2. The van der Waals surface area contributed by atoms with Crippen molar-refractivity contribution in [1.82, 2.24) is 15.2 Å². The molecule has 20 heavy (non-hydrogen) atoms. The molecule has 0 saturated carbocycles. The SMILES string of the molecule is CCc1nc(CCNC(=O)N2CCCC(O)C2)sc1C. The summed E-state index contributed by atoms with van der Waals surface area (Å²) in [5, 5.41) is 13.6. The lowest BCUT2D eigenvalue weighted by Gasteiger charge is -2.30. The third kappa shape index (κ3) is 3.93. The van der Waals surface area contributed by atoms with Gasteiger partial charge in [0.2, 0.25) is 0 Å². The number of piperidine rings is 1. The number of aliphatic hydroxyl groups is 1. The lowest BCUT2D eigenvalue weighted by Crippen LogP contribution is -2.47. The van der Waals surface area contributed by atoms with Gasteiger partial charge in [-0.05, 0) is 26.2 Å². The molecule has 1 aliphatic rings. The van der Waals surface area contributed by atoms with E-state index in [9.17, 15) is 9.90 Å². The number of β-amino-alcohol motifs (C(OH)–C–C–N with tert-alkyl or cyclic N) is 1. The monoisotopic (exact) mass is 297 g/mol. The van der Waals surface area contributed by atoms with Gasteiger partial charge >= 0.3 is 6.03 Å². The van der Waals surface area contributed by atoms with E-state index in [-0.39, 0.29) is 12.1 Å². The number of hydrogen-bond acceptors (Lipinski definition) is 4. The van der Waals surface area contributed by atoms with Crippen LogP contribution in [0.1, 0.15) is 35.3 Å². The first-order chi connectivity index (χ1) is 9.60. The molecule has 0 aromatic carbocycles. The average Bonchev–Trinajstić information content (AvgIpc) is 2.79. The molecule has 0 radical (unpaired) electrons. The molecule has 0 bridgehead atoms. The zero-order chi connectivity index (χ0) is 14.5. The van der Waals surface area contributed by atoms with Gasteiger partial charge in [0.05, 0.1) is 16.8 Å². The minimum atomic E-state index is -0.372. The Balaban J connectivity index is 1.75. The number of carbonyl (C=O) groups is 1. The van der Waals surface area contributed by atoms with E-state index in [0.717, 1.165) is 42.9 Å². The Labute approximate surface area is 124 Å². The molecule has 1 fully saturated rings. The fourth-order valence-electron chi connectivity index (χ4n) is 2.45. The van der Waals surface area contributed by atoms with Crippen LogP contribution in [-0.4, -0.2) is 46.8 Å². The maximum absolute atomic E-state index is 11.9. The van der Waals surface area contributed by atoms with Crippen molar-refractivity contribution in [1.29, 1.82) is 0 Å². The van der Waals surface area contributed by atoms with Crippen LogP contribution in [0.5, 0.6) is 0 Å². The number of likely N-dealkylation sites (tertiary alicyclic amines) is 1. The molecule has 2 N–H and O–H groups in total. The maximum atomic E-state index is 11.9. The highest BCUT2D eigenvalue weighted by Crippen LogP contribution is 2.18. The highest BCUT2D eigenvalue weighted by atomic mass is 32.1. The third-order valence-corrected chi connectivity index (χ3v) is 4.64. The quantitative estimate of drug-likeness (QED) is 0.889. The van der Waals surface area contributed by atoms with E-state index in [2.05, 4.69) is 24.1 Å². The number of carbonyl (C=O) groups excluding carboxylic acids is 1. The van der Waals surface area contributed by atoms with Crippen LogP contribution in [0.15, 0.2) is 0 Å². The molecule has 1 unspecified atom stereocenters. The van der Waals surface area contributed by atoms with E-state index in [1.807, 2.05) is 0 Å². The van der Waals surface area contributed by atoms with Crippen molar-refractivity contribution in [3.05, 3.63) is 15.6 Å². The number of aromatic nitrogens is 1. The van der Waals surface area contributed by atoms with Gasteiger partial charge < -0.3 is 15.3 Å². The number of aryl methyl sites for hydroxylation is 2. The molecule has 2 amide bonds. The van der Waals surface area contributed by atoms with Crippen LogP contribution >= 0.6 is 11.3 Å². The highest BCUT2D eigenvalue weighted by molar-refractivity contribution is 7.11. The number of nitrogens with one attached hydrogen (secondary N) is 1. The van der Waals surface area contributed by atoms with Crippen LogP contribution in [-0.2, 0) is 12.8 Å². The van der Waals surface area contributed by atoms with E-state index >= 15 is 0 Å². The van der Waals surface area contributed by atoms with Crippen LogP contribution in [0.4, 0.5) is 4.79 Å². The normalized spacial score (nSPS) is 19.1. The molecule has 1 aromatic rings. The number of urea groups is 1. The maximum Gasteiger partial charge on any atom is 0.317 e. The smallest absolute Gasteiger partial charge is 0.317 e. The average molecular weight is 297 g/mol. The summed E-state index contributed by atoms with van der Waals surface area (Å²) in [5.41, 5.74) is 1.16. The summed E-state index contributed by atoms with van der Waals surface area (Å²) in [6.07, 6.45) is 3.03. The number of rotatable bonds is 4. The van der Waals surface area contributed by atoms with E-state index in [1.54, 1.807) is 16.2 Å². The van der Waals surface area contributed by atoms with Gasteiger partial charge in [0.25, 0.3) is 0 Å². The highest BCUT2D eigenvalue weighted by Gasteiger charge is 2.21. The first kappa shape index (κ1) is 15.3. The Bertz CT molecular complexity index is 461. The molecule has 112 valence electrons. The number of aliphatic hydroxyl groups excluding tert-OH is 1. The third-order valence-electron chi connectivity index (χ3n) is 3.57. The minimum Gasteiger partial charge on any atom is -0.391 e. The summed E-state index contributed by atoms with van der Waals surface area (Å²) in [5.74, 6) is 0. The Hall–Kier alpha value is -1.14. The Morgan fingerprint density at radius 3 is 3.05 bits per heavy atom. The van der Waals surface area contributed by atoms with Gasteiger partial charge in [0.1, 0.15) is 0 Å². The van der Waals surface area contributed by atoms with Crippen LogP contribution in [0.2, 0.25) is 0 Å². The molecule has 2 rings (SSSR count). The summed E-state index contributed by atoms with van der Waals surface area (Å²) in [4.78, 5) is 19.5. The molecule has 1 aromatic heterocycles. The lowest BCUT2D eigenvalue weighted by molar-refractivity contribution is 0.0843. The summed E-state index contributed by atoms with van der Waals surface area (Å²) < 4.78 is 0. The molecule has 1 aliphatic heterocycles. The Morgan fingerprint density at radius 2 is 2.40 bits per heavy atom. The fourth-order valence-corrected chi connectivity index (χ4v) is 3.47. The fraction of sp³-hybridized carbons (Fsp3) is 0.714. The van der Waals surface area contributed by atoms with Crippen LogP contribution in [0.3, 0.4) is 0 Å². The predicted molar refractivity (Wildman–Crippen MR) is 80.1 cm³/mol. The standard InChI is InChI=1S/C14H23N3O2S/c1-3-12-10(2)20-13(16-12)6-7-15-14(19)17-8-4-5-11(18)9-17/h11,18H,3-9H2,1-2H3,(H,15,19). The van der Waals surface area contributed by atoms with Crippen LogP contribution in [0, 0.1) is 6.92 Å². The second-order valence-corrected chi connectivity index (χ2v) is 6.48. The van der Waals surface area contributed by atoms with Crippen molar-refractivity contribution in [2.75, 3.05) is 19.6 Å². The molecule has 5 nitrogen and oxygen atoms in total. The van der Waals surface area contributed by atoms with E-state index < -0.39 is 0 Å². The van der Waals surface area contributed by atoms with E-state index in [0.29, 0.717) is 13.1 Å². The van der Waals surface area contributed by atoms with Crippen molar-refractivity contribution in [3.8, 4) is 0 Å². The van der Waals surface area contributed by atoms with Gasteiger partial charge in [-0.25, -0.2) is 9.78 Å². The van der Waals surface area contributed by atoms with E-state index in [1.165, 1.54) is 4.88 Å². The zero-order valence-corrected chi connectivity index (χ0v) is 13.0. The topological polar surface area (TPSA) is 65.5 Å². The molecule has 1 saturated heterocycles. The van der Waals surface area contributed by atoms with Gasteiger partial charge in [-0.2, -0.15) is 0 Å². The van der Waals surface area contributed by atoms with Crippen molar-refractivity contribution < 1.29 is 9.90 Å². The van der Waals surface area contributed by atoms with Crippen molar-refractivity contribution >= 4 is 17.4 Å². The largest absolute Gasteiger partial charge is 0.391 e. The van der Waals surface area contributed by atoms with E-state index in [4.69, 9.17) is 0 Å². The second kappa shape index (κ2) is 7.04. The molecular weight excluding hydrogens is 274 g/mol. The molecular formula is C14H23N3O2S. The summed E-state index contributed by atoms with van der Waals surface area (Å²) in [7, 11) is 0.